The Morgan fingerprint density at radius 3 is 2.62 bits per heavy atom. The first kappa shape index (κ1) is 15.1. The Hall–Kier alpha value is -2.26. The van der Waals surface area contributed by atoms with Gasteiger partial charge in [-0.15, -0.1) is 0 Å². The first-order chi connectivity index (χ1) is 9.79. The molecular weight excluding hydrogens is 298 g/mol. The van der Waals surface area contributed by atoms with Crippen LogP contribution >= 0.6 is 0 Å². The SMILES string of the molecule is Cc1ccc(S(=O)(=O)NCc2cc(C)no2)c([N+](=O)[O-])c1. The fraction of sp³-hybridized carbons (Fsp3) is 0.250. The van der Waals surface area contributed by atoms with Crippen molar-refractivity contribution in [1.82, 2.24) is 9.88 Å². The van der Waals surface area contributed by atoms with Gasteiger partial charge in [-0.05, 0) is 25.5 Å². The Bertz CT molecular complexity index is 782. The fourth-order valence-electron chi connectivity index (χ4n) is 1.74. The monoisotopic (exact) mass is 311 g/mol. The standard InChI is InChI=1S/C12H13N3O5S/c1-8-3-4-12(11(5-8)15(16)17)21(18,19)13-7-10-6-9(2)14-20-10/h3-6,13H,7H2,1-2H3. The van der Waals surface area contributed by atoms with Crippen molar-refractivity contribution in [3.8, 4) is 0 Å². The fourth-order valence-corrected chi connectivity index (χ4v) is 2.88. The minimum Gasteiger partial charge on any atom is -0.360 e. The highest BCUT2D eigenvalue weighted by atomic mass is 32.2. The Morgan fingerprint density at radius 2 is 2.05 bits per heavy atom. The summed E-state index contributed by atoms with van der Waals surface area (Å²) < 4.78 is 31.5. The van der Waals surface area contributed by atoms with E-state index in [1.54, 1.807) is 19.9 Å². The van der Waals surface area contributed by atoms with Crippen molar-refractivity contribution in [1.29, 1.82) is 0 Å². The Balaban J connectivity index is 2.29. The molecule has 112 valence electrons. The molecule has 0 fully saturated rings. The second-order valence-electron chi connectivity index (χ2n) is 4.49. The largest absolute Gasteiger partial charge is 0.360 e. The van der Waals surface area contributed by atoms with Gasteiger partial charge in [0, 0.05) is 12.1 Å². The Morgan fingerprint density at radius 1 is 1.33 bits per heavy atom. The molecule has 1 heterocycles. The number of hydrogen-bond donors (Lipinski definition) is 1. The summed E-state index contributed by atoms with van der Waals surface area (Å²) in [4.78, 5) is 9.88. The molecule has 1 aromatic carbocycles. The molecule has 0 radical (unpaired) electrons. The molecule has 0 aliphatic rings. The van der Waals surface area contributed by atoms with Crippen LogP contribution in [0.5, 0.6) is 0 Å². The van der Waals surface area contributed by atoms with Gasteiger partial charge in [-0.1, -0.05) is 11.2 Å². The number of benzene rings is 1. The number of aryl methyl sites for hydroxylation is 2. The number of nitro groups is 1. The highest BCUT2D eigenvalue weighted by molar-refractivity contribution is 7.89. The molecule has 8 nitrogen and oxygen atoms in total. The number of sulfonamides is 1. The van der Waals surface area contributed by atoms with Gasteiger partial charge in [0.25, 0.3) is 5.69 Å². The molecule has 21 heavy (non-hydrogen) atoms. The van der Waals surface area contributed by atoms with Gasteiger partial charge >= 0.3 is 0 Å². The number of nitrogens with one attached hydrogen (secondary N) is 1. The van der Waals surface area contributed by atoms with Crippen molar-refractivity contribution in [3.63, 3.8) is 0 Å². The first-order valence-electron chi connectivity index (χ1n) is 5.96. The maximum absolute atomic E-state index is 12.2. The van der Waals surface area contributed by atoms with Crippen molar-refractivity contribution in [2.45, 2.75) is 25.3 Å². The number of hydrogen-bond acceptors (Lipinski definition) is 6. The number of rotatable bonds is 5. The second-order valence-corrected chi connectivity index (χ2v) is 6.22. The highest BCUT2D eigenvalue weighted by Gasteiger charge is 2.25. The highest BCUT2D eigenvalue weighted by Crippen LogP contribution is 2.24. The summed E-state index contributed by atoms with van der Waals surface area (Å²) in [6, 6.07) is 5.50. The topological polar surface area (TPSA) is 115 Å². The van der Waals surface area contributed by atoms with Crippen molar-refractivity contribution in [3.05, 3.63) is 51.4 Å². The van der Waals surface area contributed by atoms with Crippen molar-refractivity contribution < 1.29 is 17.9 Å². The molecule has 0 saturated carbocycles. The lowest BCUT2D eigenvalue weighted by Crippen LogP contribution is -2.24. The zero-order valence-electron chi connectivity index (χ0n) is 11.4. The lowest BCUT2D eigenvalue weighted by molar-refractivity contribution is -0.387. The Labute approximate surface area is 121 Å². The van der Waals surface area contributed by atoms with Gasteiger partial charge in [0.1, 0.15) is 0 Å². The molecule has 0 bridgehead atoms. The molecular formula is C12H13N3O5S. The zero-order chi connectivity index (χ0) is 15.6. The average Bonchev–Trinajstić information content (AvgIpc) is 2.82. The van der Waals surface area contributed by atoms with E-state index >= 15 is 0 Å². The average molecular weight is 311 g/mol. The lowest BCUT2D eigenvalue weighted by atomic mass is 10.2. The molecule has 0 aliphatic carbocycles. The maximum Gasteiger partial charge on any atom is 0.289 e. The lowest BCUT2D eigenvalue weighted by Gasteiger charge is -2.06. The molecule has 1 N–H and O–H groups in total. The van der Waals surface area contributed by atoms with E-state index in [1.165, 1.54) is 18.2 Å². The summed E-state index contributed by atoms with van der Waals surface area (Å²) in [6.45, 7) is 3.22. The van der Waals surface area contributed by atoms with Crippen LogP contribution in [-0.4, -0.2) is 18.5 Å². The van der Waals surface area contributed by atoms with Crippen molar-refractivity contribution >= 4 is 15.7 Å². The minimum absolute atomic E-state index is 0.131. The number of nitrogens with zero attached hydrogens (tertiary/aromatic N) is 2. The summed E-state index contributed by atoms with van der Waals surface area (Å²) >= 11 is 0. The molecule has 0 amide bonds. The predicted octanol–water partition coefficient (Wildman–Crippen LogP) is 1.68. The van der Waals surface area contributed by atoms with E-state index in [0.717, 1.165) is 0 Å². The first-order valence-corrected chi connectivity index (χ1v) is 7.45. The molecule has 9 heteroatoms. The summed E-state index contributed by atoms with van der Waals surface area (Å²) in [6.07, 6.45) is 0. The van der Waals surface area contributed by atoms with Crippen LogP contribution in [0.2, 0.25) is 0 Å². The molecule has 0 aliphatic heterocycles. The van der Waals surface area contributed by atoms with E-state index in [1.807, 2.05) is 0 Å². The summed E-state index contributed by atoms with van der Waals surface area (Å²) in [5, 5.41) is 14.6. The van der Waals surface area contributed by atoms with E-state index in [2.05, 4.69) is 9.88 Å². The van der Waals surface area contributed by atoms with Crippen molar-refractivity contribution in [2.75, 3.05) is 0 Å². The van der Waals surface area contributed by atoms with Crippen LogP contribution in [0.3, 0.4) is 0 Å². The third-order valence-electron chi connectivity index (χ3n) is 2.71. The quantitative estimate of drug-likeness (QED) is 0.663. The molecule has 0 spiro atoms. The van der Waals surface area contributed by atoms with Crippen LogP contribution < -0.4 is 4.72 Å². The van der Waals surface area contributed by atoms with E-state index in [0.29, 0.717) is 17.0 Å². The third kappa shape index (κ3) is 3.44. The molecule has 0 saturated heterocycles. The molecule has 2 aromatic rings. The van der Waals surface area contributed by atoms with Gasteiger partial charge in [0.2, 0.25) is 10.0 Å². The summed E-state index contributed by atoms with van der Waals surface area (Å²) in [5.74, 6) is 0.325. The van der Waals surface area contributed by atoms with Crippen molar-refractivity contribution in [2.24, 2.45) is 0 Å². The zero-order valence-corrected chi connectivity index (χ0v) is 12.2. The normalized spacial score (nSPS) is 11.5. The smallest absolute Gasteiger partial charge is 0.289 e. The molecule has 0 unspecified atom stereocenters. The van der Waals surface area contributed by atoms with E-state index in [9.17, 15) is 18.5 Å². The van der Waals surface area contributed by atoms with Crippen LogP contribution in [0.15, 0.2) is 33.7 Å². The molecule has 2 rings (SSSR count). The number of aromatic nitrogens is 1. The number of nitro benzene ring substituents is 1. The molecule has 0 atom stereocenters. The summed E-state index contributed by atoms with van der Waals surface area (Å²) in [5.41, 5.74) is 0.758. The third-order valence-corrected chi connectivity index (χ3v) is 4.16. The van der Waals surface area contributed by atoms with Gasteiger partial charge in [-0.25, -0.2) is 13.1 Å². The van der Waals surface area contributed by atoms with Gasteiger partial charge < -0.3 is 4.52 Å². The van der Waals surface area contributed by atoms with E-state index < -0.39 is 20.6 Å². The maximum atomic E-state index is 12.2. The van der Waals surface area contributed by atoms with Crippen LogP contribution in [0, 0.1) is 24.0 Å². The van der Waals surface area contributed by atoms with Crippen LogP contribution in [0.4, 0.5) is 5.69 Å². The van der Waals surface area contributed by atoms with Gasteiger partial charge in [0.05, 0.1) is 17.2 Å². The van der Waals surface area contributed by atoms with Crippen LogP contribution in [-0.2, 0) is 16.6 Å². The van der Waals surface area contributed by atoms with E-state index in [-0.39, 0.29) is 11.4 Å². The van der Waals surface area contributed by atoms with Gasteiger partial charge in [0.15, 0.2) is 10.7 Å². The van der Waals surface area contributed by atoms with Gasteiger partial charge in [-0.2, -0.15) is 0 Å². The minimum atomic E-state index is -4.02. The van der Waals surface area contributed by atoms with Crippen LogP contribution in [0.25, 0.3) is 0 Å². The van der Waals surface area contributed by atoms with Crippen LogP contribution in [0.1, 0.15) is 17.0 Å². The predicted molar refractivity (Wildman–Crippen MR) is 73.1 cm³/mol. The summed E-state index contributed by atoms with van der Waals surface area (Å²) in [7, 11) is -4.02. The second kappa shape index (κ2) is 5.62. The van der Waals surface area contributed by atoms with Gasteiger partial charge in [-0.3, -0.25) is 10.1 Å². The van der Waals surface area contributed by atoms with E-state index in [4.69, 9.17) is 4.52 Å². The Kier molecular flexibility index (Phi) is 4.05. The molecule has 1 aromatic heterocycles.